The van der Waals surface area contributed by atoms with E-state index in [1.54, 1.807) is 11.8 Å². The molecule has 1 saturated carbocycles. The van der Waals surface area contributed by atoms with Crippen LogP contribution in [-0.2, 0) is 5.75 Å². The first kappa shape index (κ1) is 24.5. The molecule has 0 spiro atoms. The van der Waals surface area contributed by atoms with Gasteiger partial charge in [-0.3, -0.25) is 9.98 Å². The van der Waals surface area contributed by atoms with Gasteiger partial charge < -0.3 is 15.7 Å². The molecule has 7 nitrogen and oxygen atoms in total. The fourth-order valence-corrected chi connectivity index (χ4v) is 4.83. The predicted molar refractivity (Wildman–Crippen MR) is 134 cm³/mol. The molecule has 0 aliphatic heterocycles. The summed E-state index contributed by atoms with van der Waals surface area (Å²) >= 11 is 1.71. The van der Waals surface area contributed by atoms with Crippen molar-refractivity contribution in [1.29, 1.82) is 0 Å². The summed E-state index contributed by atoms with van der Waals surface area (Å²) in [4.78, 5) is 19.1. The average Bonchev–Trinajstić information content (AvgIpc) is 3.61. The predicted octanol–water partition coefficient (Wildman–Crippen LogP) is 5.15. The van der Waals surface area contributed by atoms with E-state index in [1.165, 1.54) is 12.8 Å². The number of anilines is 2. The van der Waals surface area contributed by atoms with E-state index in [0.29, 0.717) is 11.9 Å². The zero-order chi connectivity index (χ0) is 22.9. The molecule has 1 unspecified atom stereocenters. The molecule has 174 valence electrons. The van der Waals surface area contributed by atoms with Gasteiger partial charge in [-0.15, -0.1) is 11.8 Å². The van der Waals surface area contributed by atoms with Gasteiger partial charge in [-0.2, -0.15) is 4.98 Å². The number of hydrogen-bond acceptors (Lipinski definition) is 8. The number of pyridine rings is 1. The Hall–Kier alpha value is -2.19. The second-order valence-corrected chi connectivity index (χ2v) is 9.49. The average molecular weight is 457 g/mol. The summed E-state index contributed by atoms with van der Waals surface area (Å²) in [6.07, 6.45) is 7.31. The molecule has 8 heteroatoms. The van der Waals surface area contributed by atoms with Crippen LogP contribution in [0.25, 0.3) is 0 Å². The molecule has 0 amide bonds. The molecule has 1 aliphatic carbocycles. The Morgan fingerprint density at radius 1 is 1.22 bits per heavy atom. The second kappa shape index (κ2) is 12.2. The van der Waals surface area contributed by atoms with E-state index < -0.39 is 0 Å². The van der Waals surface area contributed by atoms with Crippen LogP contribution in [0.2, 0.25) is 0 Å². The molecule has 3 N–H and O–H groups in total. The molecular formula is C24H36N6OS. The number of rotatable bonds is 14. The van der Waals surface area contributed by atoms with Crippen LogP contribution in [0, 0.1) is 25.7 Å². The van der Waals surface area contributed by atoms with Gasteiger partial charge in [0, 0.05) is 47.8 Å². The normalized spacial score (nSPS) is 14.2. The first-order valence-corrected chi connectivity index (χ1v) is 12.5. The largest absolute Gasteiger partial charge is 0.396 e. The summed E-state index contributed by atoms with van der Waals surface area (Å²) in [5.41, 5.74) is 3.80. The van der Waals surface area contributed by atoms with Gasteiger partial charge in [0.1, 0.15) is 5.82 Å². The van der Waals surface area contributed by atoms with E-state index >= 15 is 0 Å². The highest BCUT2D eigenvalue weighted by Crippen LogP contribution is 2.35. The quantitative estimate of drug-likeness (QED) is 0.267. The number of aliphatic imine (C=N–C) groups is 1. The zero-order valence-corrected chi connectivity index (χ0v) is 20.3. The molecule has 0 radical (unpaired) electrons. The lowest BCUT2D eigenvalue weighted by Crippen LogP contribution is -2.15. The third-order valence-corrected chi connectivity index (χ3v) is 7.09. The van der Waals surface area contributed by atoms with Crippen LogP contribution in [0.15, 0.2) is 22.2 Å². The Morgan fingerprint density at radius 3 is 2.72 bits per heavy atom. The van der Waals surface area contributed by atoms with Crippen molar-refractivity contribution in [2.75, 3.05) is 30.3 Å². The van der Waals surface area contributed by atoms with Crippen molar-refractivity contribution in [3.63, 3.8) is 0 Å². The van der Waals surface area contributed by atoms with Crippen molar-refractivity contribution in [3.05, 3.63) is 29.2 Å². The fraction of sp³-hybridized carbons (Fsp3) is 0.583. The number of nitrogens with zero attached hydrogens (tertiary/aromatic N) is 4. The maximum Gasteiger partial charge on any atom is 0.224 e. The van der Waals surface area contributed by atoms with Gasteiger partial charge in [0.15, 0.2) is 0 Å². The van der Waals surface area contributed by atoms with Crippen molar-refractivity contribution >= 4 is 35.9 Å². The summed E-state index contributed by atoms with van der Waals surface area (Å²) in [5, 5.41) is 16.3. The molecule has 2 heterocycles. The Labute approximate surface area is 196 Å². The SMILES string of the molecule is C=Nc1c(SCc2c(C)nc(NCC3CC3)nc2NCCC(CC)CCO)ccnc1C. The molecule has 1 aliphatic rings. The number of aryl methyl sites for hydroxylation is 2. The van der Waals surface area contributed by atoms with Crippen LogP contribution >= 0.6 is 11.8 Å². The van der Waals surface area contributed by atoms with E-state index in [9.17, 15) is 5.11 Å². The standard InChI is InChI=1S/C24H36N6OS/c1-5-18(10-13-31)8-11-27-23-20(15-32-21-9-12-26-17(3)22(21)25-4)16(2)29-24(30-23)28-14-19-6-7-19/h9,12,18-19,31H,4-8,10-11,13-15H2,1-3H3,(H2,27,28,29,30). The first-order valence-electron chi connectivity index (χ1n) is 11.6. The minimum absolute atomic E-state index is 0.243. The summed E-state index contributed by atoms with van der Waals surface area (Å²) in [5.74, 6) is 3.59. The molecule has 32 heavy (non-hydrogen) atoms. The van der Waals surface area contributed by atoms with Crippen molar-refractivity contribution in [2.24, 2.45) is 16.8 Å². The number of aromatic nitrogens is 3. The highest BCUT2D eigenvalue weighted by Gasteiger charge is 2.22. The Balaban J connectivity index is 1.76. The first-order chi connectivity index (χ1) is 15.5. The van der Waals surface area contributed by atoms with Gasteiger partial charge in [0.05, 0.1) is 11.4 Å². The van der Waals surface area contributed by atoms with Gasteiger partial charge in [0.25, 0.3) is 0 Å². The summed E-state index contributed by atoms with van der Waals surface area (Å²) in [6.45, 7) is 11.9. The highest BCUT2D eigenvalue weighted by molar-refractivity contribution is 7.98. The molecule has 1 fully saturated rings. The molecule has 1 atom stereocenters. The molecule has 3 rings (SSSR count). The molecule has 0 saturated heterocycles. The van der Waals surface area contributed by atoms with Gasteiger partial charge >= 0.3 is 0 Å². The minimum Gasteiger partial charge on any atom is -0.396 e. The van der Waals surface area contributed by atoms with Crippen LogP contribution in [0.4, 0.5) is 17.5 Å². The second-order valence-electron chi connectivity index (χ2n) is 8.48. The minimum atomic E-state index is 0.243. The summed E-state index contributed by atoms with van der Waals surface area (Å²) in [6, 6.07) is 1.98. The van der Waals surface area contributed by atoms with Crippen LogP contribution in [0.3, 0.4) is 0 Å². The molecule has 0 aromatic carbocycles. The smallest absolute Gasteiger partial charge is 0.224 e. The van der Waals surface area contributed by atoms with E-state index in [-0.39, 0.29) is 6.61 Å². The van der Waals surface area contributed by atoms with Crippen molar-refractivity contribution in [3.8, 4) is 0 Å². The lowest BCUT2D eigenvalue weighted by Gasteiger charge is -2.18. The van der Waals surface area contributed by atoms with Crippen LogP contribution in [0.1, 0.15) is 56.0 Å². The number of nitrogens with one attached hydrogen (secondary N) is 2. The number of aliphatic hydroxyl groups excluding tert-OH is 1. The van der Waals surface area contributed by atoms with E-state index in [4.69, 9.17) is 9.97 Å². The monoisotopic (exact) mass is 456 g/mol. The van der Waals surface area contributed by atoms with Gasteiger partial charge in [-0.25, -0.2) is 4.98 Å². The van der Waals surface area contributed by atoms with Crippen molar-refractivity contribution < 1.29 is 5.11 Å². The fourth-order valence-electron chi connectivity index (χ4n) is 3.68. The Morgan fingerprint density at radius 2 is 2.03 bits per heavy atom. The van der Waals surface area contributed by atoms with Gasteiger partial charge in [-0.05, 0) is 64.2 Å². The van der Waals surface area contributed by atoms with E-state index in [0.717, 1.165) is 77.4 Å². The number of hydrogen-bond donors (Lipinski definition) is 3. The van der Waals surface area contributed by atoms with Crippen LogP contribution in [0.5, 0.6) is 0 Å². The van der Waals surface area contributed by atoms with E-state index in [1.807, 2.05) is 19.2 Å². The summed E-state index contributed by atoms with van der Waals surface area (Å²) in [7, 11) is 0. The Bertz CT molecular complexity index is 902. The maximum atomic E-state index is 9.28. The number of aliphatic hydroxyl groups is 1. The van der Waals surface area contributed by atoms with E-state index in [2.05, 4.69) is 41.2 Å². The van der Waals surface area contributed by atoms with Crippen molar-refractivity contribution in [1.82, 2.24) is 15.0 Å². The third-order valence-electron chi connectivity index (χ3n) is 6.02. The van der Waals surface area contributed by atoms with Gasteiger partial charge in [-0.1, -0.05) is 13.3 Å². The Kier molecular flexibility index (Phi) is 9.29. The number of thioether (sulfide) groups is 1. The zero-order valence-electron chi connectivity index (χ0n) is 19.5. The van der Waals surface area contributed by atoms with Crippen LogP contribution in [-0.4, -0.2) is 46.5 Å². The van der Waals surface area contributed by atoms with Crippen molar-refractivity contribution in [2.45, 2.75) is 63.5 Å². The molecule has 2 aromatic heterocycles. The lowest BCUT2D eigenvalue weighted by molar-refractivity contribution is 0.251. The maximum absolute atomic E-state index is 9.28. The summed E-state index contributed by atoms with van der Waals surface area (Å²) < 4.78 is 0. The third kappa shape index (κ3) is 6.90. The topological polar surface area (TPSA) is 95.3 Å². The van der Waals surface area contributed by atoms with Gasteiger partial charge in [0.2, 0.25) is 5.95 Å². The molecule has 2 aromatic rings. The molecule has 0 bridgehead atoms. The highest BCUT2D eigenvalue weighted by atomic mass is 32.2. The molecular weight excluding hydrogens is 420 g/mol. The van der Waals surface area contributed by atoms with Crippen LogP contribution < -0.4 is 10.6 Å². The lowest BCUT2D eigenvalue weighted by atomic mass is 9.99.